The summed E-state index contributed by atoms with van der Waals surface area (Å²) in [5, 5.41) is 0. The largest absolute Gasteiger partial charge is 0.463 e. The second-order valence-corrected chi connectivity index (χ2v) is 5.01. The van der Waals surface area contributed by atoms with E-state index in [4.69, 9.17) is 9.47 Å². The minimum atomic E-state index is -0.340. The number of carbonyl (C=O) groups excluding carboxylic acids is 2. The number of carbonyl (C=O) groups is 2. The topological polar surface area (TPSA) is 55.8 Å². The molecule has 0 aliphatic carbocycles. The summed E-state index contributed by atoms with van der Waals surface area (Å²) in [7, 11) is 0. The Labute approximate surface area is 107 Å². The van der Waals surface area contributed by atoms with E-state index in [-0.39, 0.29) is 23.5 Å². The van der Waals surface area contributed by atoms with E-state index < -0.39 is 0 Å². The summed E-state index contributed by atoms with van der Waals surface area (Å²) in [4.78, 5) is 24.9. The lowest BCUT2D eigenvalue weighted by Gasteiger charge is -2.43. The number of piperidine rings is 1. The first-order valence-electron chi connectivity index (χ1n) is 6.30. The summed E-state index contributed by atoms with van der Waals surface area (Å²) in [6.07, 6.45) is 2.02. The number of nitrogens with zero attached hydrogens (tertiary/aromatic N) is 1. The Hall–Kier alpha value is -1.52. The van der Waals surface area contributed by atoms with Crippen LogP contribution in [0.2, 0.25) is 0 Å². The SMILES string of the molecule is CCOC(=O)C=C1CCN2C(=O)OC[C@@]2(C)[C@@H]1C. The number of hydrogen-bond acceptors (Lipinski definition) is 4. The second kappa shape index (κ2) is 4.63. The van der Waals surface area contributed by atoms with Crippen LogP contribution in [0.4, 0.5) is 4.79 Å². The highest BCUT2D eigenvalue weighted by Gasteiger charge is 2.50. The van der Waals surface area contributed by atoms with Gasteiger partial charge in [-0.2, -0.15) is 0 Å². The molecule has 0 saturated carbocycles. The molecule has 2 aliphatic rings. The quantitative estimate of drug-likeness (QED) is 0.555. The highest BCUT2D eigenvalue weighted by Crippen LogP contribution is 2.40. The van der Waals surface area contributed by atoms with Gasteiger partial charge in [-0.05, 0) is 20.3 Å². The molecule has 0 radical (unpaired) electrons. The van der Waals surface area contributed by atoms with Crippen LogP contribution >= 0.6 is 0 Å². The van der Waals surface area contributed by atoms with Crippen molar-refractivity contribution in [1.29, 1.82) is 0 Å². The molecule has 5 heteroatoms. The first-order valence-corrected chi connectivity index (χ1v) is 6.30. The van der Waals surface area contributed by atoms with E-state index in [1.807, 2.05) is 13.8 Å². The zero-order valence-corrected chi connectivity index (χ0v) is 11.1. The predicted octanol–water partition coefficient (Wildman–Crippen LogP) is 1.73. The Morgan fingerprint density at radius 2 is 2.39 bits per heavy atom. The summed E-state index contributed by atoms with van der Waals surface area (Å²) in [6, 6.07) is 0. The van der Waals surface area contributed by atoms with Gasteiger partial charge in [-0.1, -0.05) is 12.5 Å². The first kappa shape index (κ1) is 12.9. The molecular formula is C13H19NO4. The van der Waals surface area contributed by atoms with Gasteiger partial charge in [0.1, 0.15) is 6.61 Å². The van der Waals surface area contributed by atoms with Gasteiger partial charge < -0.3 is 9.47 Å². The summed E-state index contributed by atoms with van der Waals surface area (Å²) >= 11 is 0. The molecule has 0 N–H and O–H groups in total. The zero-order valence-electron chi connectivity index (χ0n) is 11.1. The van der Waals surface area contributed by atoms with Crippen molar-refractivity contribution < 1.29 is 19.1 Å². The third kappa shape index (κ3) is 1.98. The van der Waals surface area contributed by atoms with Crippen molar-refractivity contribution >= 4 is 12.1 Å². The van der Waals surface area contributed by atoms with Crippen LogP contribution in [0, 0.1) is 5.92 Å². The van der Waals surface area contributed by atoms with Gasteiger partial charge in [0.25, 0.3) is 0 Å². The maximum Gasteiger partial charge on any atom is 0.410 e. The van der Waals surface area contributed by atoms with Crippen molar-refractivity contribution in [2.75, 3.05) is 19.8 Å². The molecule has 2 rings (SSSR count). The lowest BCUT2D eigenvalue weighted by Crippen LogP contribution is -2.53. The summed E-state index contributed by atoms with van der Waals surface area (Å²) in [6.45, 7) is 7.17. The molecule has 0 unspecified atom stereocenters. The van der Waals surface area contributed by atoms with E-state index >= 15 is 0 Å². The maximum absolute atomic E-state index is 11.6. The minimum Gasteiger partial charge on any atom is -0.463 e. The third-order valence-corrected chi connectivity index (χ3v) is 4.03. The molecule has 5 nitrogen and oxygen atoms in total. The first-order chi connectivity index (χ1) is 8.49. The molecule has 0 aromatic carbocycles. The summed E-state index contributed by atoms with van der Waals surface area (Å²) in [5.41, 5.74) is 0.693. The molecule has 0 aromatic heterocycles. The number of fused-ring (bicyclic) bond motifs is 1. The standard InChI is InChI=1S/C13H19NO4/c1-4-17-11(15)7-10-5-6-14-12(16)18-8-13(14,3)9(10)2/h7,9H,4-6,8H2,1-3H3/t9-,13+/m1/s1. The Morgan fingerprint density at radius 1 is 1.67 bits per heavy atom. The molecule has 2 aliphatic heterocycles. The van der Waals surface area contributed by atoms with Crippen LogP contribution in [0.15, 0.2) is 11.6 Å². The maximum atomic E-state index is 11.6. The third-order valence-electron chi connectivity index (χ3n) is 4.03. The molecule has 2 fully saturated rings. The van der Waals surface area contributed by atoms with E-state index in [0.29, 0.717) is 26.2 Å². The van der Waals surface area contributed by atoms with Crippen molar-refractivity contribution in [3.05, 3.63) is 11.6 Å². The van der Waals surface area contributed by atoms with Gasteiger partial charge in [-0.15, -0.1) is 0 Å². The predicted molar refractivity (Wildman–Crippen MR) is 65.0 cm³/mol. The number of esters is 1. The van der Waals surface area contributed by atoms with Crippen LogP contribution in [-0.4, -0.2) is 42.3 Å². The molecular weight excluding hydrogens is 234 g/mol. The lowest BCUT2D eigenvalue weighted by atomic mass is 9.76. The van der Waals surface area contributed by atoms with Crippen LogP contribution in [0.5, 0.6) is 0 Å². The van der Waals surface area contributed by atoms with Crippen LogP contribution in [0.3, 0.4) is 0 Å². The average molecular weight is 253 g/mol. The Kier molecular flexibility index (Phi) is 3.32. The van der Waals surface area contributed by atoms with Crippen molar-refractivity contribution in [2.24, 2.45) is 5.92 Å². The van der Waals surface area contributed by atoms with Gasteiger partial charge in [0.05, 0.1) is 12.1 Å². The van der Waals surface area contributed by atoms with Gasteiger partial charge in [0, 0.05) is 18.5 Å². The molecule has 2 saturated heterocycles. The van der Waals surface area contributed by atoms with Crippen molar-refractivity contribution in [1.82, 2.24) is 4.90 Å². The fraction of sp³-hybridized carbons (Fsp3) is 0.692. The van der Waals surface area contributed by atoms with E-state index in [1.54, 1.807) is 17.9 Å². The van der Waals surface area contributed by atoms with Gasteiger partial charge in [0.2, 0.25) is 0 Å². The highest BCUT2D eigenvalue weighted by molar-refractivity contribution is 5.83. The number of amides is 1. The molecule has 2 heterocycles. The molecule has 0 bridgehead atoms. The minimum absolute atomic E-state index is 0.0992. The Bertz CT molecular complexity index is 404. The van der Waals surface area contributed by atoms with Crippen LogP contribution in [0.25, 0.3) is 0 Å². The molecule has 2 atom stereocenters. The van der Waals surface area contributed by atoms with Gasteiger partial charge in [-0.25, -0.2) is 9.59 Å². The number of hydrogen-bond donors (Lipinski definition) is 0. The average Bonchev–Trinajstić information content (AvgIpc) is 2.62. The molecule has 1 amide bonds. The van der Waals surface area contributed by atoms with E-state index in [0.717, 1.165) is 5.57 Å². The van der Waals surface area contributed by atoms with E-state index in [2.05, 4.69) is 0 Å². The molecule has 100 valence electrons. The lowest BCUT2D eigenvalue weighted by molar-refractivity contribution is -0.137. The van der Waals surface area contributed by atoms with Crippen molar-refractivity contribution in [3.8, 4) is 0 Å². The van der Waals surface area contributed by atoms with Gasteiger partial charge in [0.15, 0.2) is 0 Å². The monoisotopic (exact) mass is 253 g/mol. The van der Waals surface area contributed by atoms with Gasteiger partial charge >= 0.3 is 12.1 Å². The van der Waals surface area contributed by atoms with Gasteiger partial charge in [-0.3, -0.25) is 4.90 Å². The number of ether oxygens (including phenoxy) is 2. The summed E-state index contributed by atoms with van der Waals surface area (Å²) < 4.78 is 10.0. The van der Waals surface area contributed by atoms with Crippen LogP contribution in [0.1, 0.15) is 27.2 Å². The highest BCUT2D eigenvalue weighted by atomic mass is 16.6. The Balaban J connectivity index is 2.19. The fourth-order valence-electron chi connectivity index (χ4n) is 2.67. The van der Waals surface area contributed by atoms with Crippen LogP contribution < -0.4 is 0 Å². The van der Waals surface area contributed by atoms with Crippen LogP contribution in [-0.2, 0) is 14.3 Å². The molecule has 0 aromatic rings. The Morgan fingerprint density at radius 3 is 3.06 bits per heavy atom. The summed E-state index contributed by atoms with van der Waals surface area (Å²) in [5.74, 6) is -0.205. The normalized spacial score (nSPS) is 33.3. The van der Waals surface area contributed by atoms with Crippen molar-refractivity contribution in [2.45, 2.75) is 32.7 Å². The van der Waals surface area contributed by atoms with Crippen molar-refractivity contribution in [3.63, 3.8) is 0 Å². The van der Waals surface area contributed by atoms with E-state index in [9.17, 15) is 9.59 Å². The number of cyclic esters (lactones) is 1. The molecule has 0 spiro atoms. The smallest absolute Gasteiger partial charge is 0.410 e. The number of rotatable bonds is 2. The van der Waals surface area contributed by atoms with E-state index in [1.165, 1.54) is 0 Å². The zero-order chi connectivity index (χ0) is 13.3. The fourth-order valence-corrected chi connectivity index (χ4v) is 2.67. The molecule has 18 heavy (non-hydrogen) atoms. The second-order valence-electron chi connectivity index (χ2n) is 5.01.